The second kappa shape index (κ2) is 7.61. The van der Waals surface area contributed by atoms with E-state index in [1.165, 1.54) is 11.3 Å². The molecule has 3 aromatic rings. The molecule has 0 aliphatic heterocycles. The second-order valence-corrected chi connectivity index (χ2v) is 9.18. The van der Waals surface area contributed by atoms with Crippen LogP contribution < -0.4 is 5.32 Å². The molecule has 3 rings (SSSR count). The Hall–Kier alpha value is -1.15. The Morgan fingerprint density at radius 2 is 2.08 bits per heavy atom. The summed E-state index contributed by atoms with van der Waals surface area (Å²) in [7, 11) is 0. The fraction of sp³-hybridized carbons (Fsp3) is 0.176. The minimum atomic E-state index is -0.148. The highest BCUT2D eigenvalue weighted by molar-refractivity contribution is 9.13. The van der Waals surface area contributed by atoms with Gasteiger partial charge in [0, 0.05) is 9.50 Å². The van der Waals surface area contributed by atoms with Crippen molar-refractivity contribution < 1.29 is 4.79 Å². The van der Waals surface area contributed by atoms with Gasteiger partial charge in [-0.3, -0.25) is 9.48 Å². The second-order valence-electron chi connectivity index (χ2n) is 5.52. The lowest BCUT2D eigenvalue weighted by atomic mass is 10.2. The predicted octanol–water partition coefficient (Wildman–Crippen LogP) is 6.04. The minimum absolute atomic E-state index is 0.148. The van der Waals surface area contributed by atoms with Crippen LogP contribution in [0.4, 0.5) is 5.69 Å². The Balaban J connectivity index is 1.83. The molecule has 130 valence electrons. The summed E-state index contributed by atoms with van der Waals surface area (Å²) in [5, 5.41) is 8.22. The van der Waals surface area contributed by atoms with Crippen molar-refractivity contribution in [1.82, 2.24) is 9.78 Å². The smallest absolute Gasteiger partial charge is 0.265 e. The number of halogens is 3. The van der Waals surface area contributed by atoms with Crippen LogP contribution in [0, 0.1) is 13.8 Å². The number of anilines is 1. The Morgan fingerprint density at radius 3 is 2.72 bits per heavy atom. The molecular weight excluding hydrogens is 490 g/mol. The number of carbonyl (C=O) groups excluding carboxylic acids is 1. The van der Waals surface area contributed by atoms with Crippen molar-refractivity contribution in [2.24, 2.45) is 0 Å². The first-order chi connectivity index (χ1) is 11.8. The van der Waals surface area contributed by atoms with Crippen molar-refractivity contribution in [3.63, 3.8) is 0 Å². The number of rotatable bonds is 4. The van der Waals surface area contributed by atoms with Crippen molar-refractivity contribution in [1.29, 1.82) is 0 Å². The molecule has 0 radical (unpaired) electrons. The van der Waals surface area contributed by atoms with Crippen LogP contribution in [0.5, 0.6) is 0 Å². The topological polar surface area (TPSA) is 46.9 Å². The Labute approximate surface area is 171 Å². The first-order valence-electron chi connectivity index (χ1n) is 7.40. The van der Waals surface area contributed by atoms with Crippen molar-refractivity contribution >= 4 is 66.4 Å². The van der Waals surface area contributed by atoms with E-state index in [1.54, 1.807) is 6.07 Å². The number of carbonyl (C=O) groups is 1. The molecule has 0 aliphatic carbocycles. The third kappa shape index (κ3) is 4.16. The van der Waals surface area contributed by atoms with Crippen LogP contribution in [0.3, 0.4) is 0 Å². The van der Waals surface area contributed by atoms with Gasteiger partial charge in [0.05, 0.1) is 32.3 Å². The van der Waals surface area contributed by atoms with E-state index in [1.807, 2.05) is 42.8 Å². The van der Waals surface area contributed by atoms with Gasteiger partial charge in [0.15, 0.2) is 0 Å². The molecule has 25 heavy (non-hydrogen) atoms. The fourth-order valence-electron chi connectivity index (χ4n) is 2.47. The molecule has 0 saturated heterocycles. The first-order valence-corrected chi connectivity index (χ1v) is 10.2. The van der Waals surface area contributed by atoms with E-state index in [0.29, 0.717) is 16.4 Å². The molecule has 2 aromatic heterocycles. The van der Waals surface area contributed by atoms with Crippen LogP contribution in [0.15, 0.2) is 38.6 Å². The Kier molecular flexibility index (Phi) is 5.68. The Bertz CT molecular complexity index is 932. The van der Waals surface area contributed by atoms with Crippen LogP contribution >= 0.6 is 54.8 Å². The zero-order valence-electron chi connectivity index (χ0n) is 13.4. The van der Waals surface area contributed by atoms with E-state index in [4.69, 9.17) is 11.6 Å². The molecular formula is C17H14Br2ClN3OS. The maximum absolute atomic E-state index is 12.5. The van der Waals surface area contributed by atoms with E-state index >= 15 is 0 Å². The monoisotopic (exact) mass is 501 g/mol. The van der Waals surface area contributed by atoms with Gasteiger partial charge in [0.25, 0.3) is 5.91 Å². The summed E-state index contributed by atoms with van der Waals surface area (Å²) in [6.07, 6.45) is 0. The lowest BCUT2D eigenvalue weighted by Gasteiger charge is -2.07. The molecule has 0 bridgehead atoms. The molecule has 0 spiro atoms. The van der Waals surface area contributed by atoms with Gasteiger partial charge in [0.2, 0.25) is 0 Å². The van der Waals surface area contributed by atoms with Crippen molar-refractivity contribution in [3.05, 3.63) is 65.4 Å². The fourth-order valence-corrected chi connectivity index (χ4v) is 4.62. The number of thiophene rings is 1. The van der Waals surface area contributed by atoms with E-state index in [0.717, 1.165) is 30.9 Å². The molecule has 1 aromatic carbocycles. The summed E-state index contributed by atoms with van der Waals surface area (Å²) in [6.45, 7) is 4.43. The Morgan fingerprint density at radius 1 is 1.32 bits per heavy atom. The molecule has 1 N–H and O–H groups in total. The van der Waals surface area contributed by atoms with Crippen LogP contribution in [0.25, 0.3) is 0 Å². The third-order valence-corrected chi connectivity index (χ3v) is 7.20. The molecule has 0 saturated carbocycles. The average Bonchev–Trinajstić information content (AvgIpc) is 3.02. The van der Waals surface area contributed by atoms with Gasteiger partial charge in [-0.15, -0.1) is 11.3 Å². The van der Waals surface area contributed by atoms with Gasteiger partial charge in [-0.05, 0) is 69.5 Å². The van der Waals surface area contributed by atoms with Crippen LogP contribution in [0.1, 0.15) is 26.6 Å². The summed E-state index contributed by atoms with van der Waals surface area (Å²) >= 11 is 14.2. The quantitative estimate of drug-likeness (QED) is 0.472. The van der Waals surface area contributed by atoms with Gasteiger partial charge < -0.3 is 5.32 Å². The summed E-state index contributed by atoms with van der Waals surface area (Å²) in [4.78, 5) is 13.1. The molecule has 0 unspecified atom stereocenters. The normalized spacial score (nSPS) is 10.9. The number of hydrogen-bond donors (Lipinski definition) is 1. The predicted molar refractivity (Wildman–Crippen MR) is 110 cm³/mol. The van der Waals surface area contributed by atoms with Crippen molar-refractivity contribution in [2.75, 3.05) is 5.32 Å². The van der Waals surface area contributed by atoms with E-state index in [-0.39, 0.29) is 5.91 Å². The zero-order chi connectivity index (χ0) is 18.1. The lowest BCUT2D eigenvalue weighted by molar-refractivity contribution is 0.103. The summed E-state index contributed by atoms with van der Waals surface area (Å²) in [5.74, 6) is -0.148. The molecule has 4 nitrogen and oxygen atoms in total. The van der Waals surface area contributed by atoms with Gasteiger partial charge in [-0.25, -0.2) is 0 Å². The van der Waals surface area contributed by atoms with Crippen molar-refractivity contribution in [2.45, 2.75) is 20.4 Å². The highest BCUT2D eigenvalue weighted by atomic mass is 79.9. The van der Waals surface area contributed by atoms with Crippen LogP contribution in [-0.4, -0.2) is 15.7 Å². The number of nitrogens with zero attached hydrogens (tertiary/aromatic N) is 2. The third-order valence-electron chi connectivity index (χ3n) is 3.71. The number of aryl methyl sites for hydroxylation is 1. The van der Waals surface area contributed by atoms with Gasteiger partial charge in [-0.1, -0.05) is 23.7 Å². The van der Waals surface area contributed by atoms with Gasteiger partial charge >= 0.3 is 0 Å². The molecule has 2 heterocycles. The largest absolute Gasteiger partial charge is 0.318 e. The molecule has 0 atom stereocenters. The SMILES string of the molecule is Cc1nn(Cc2cccc(Cl)c2)c(C)c1NC(=O)c1cc(Br)c(Br)s1. The van der Waals surface area contributed by atoms with E-state index < -0.39 is 0 Å². The van der Waals surface area contributed by atoms with Gasteiger partial charge in [-0.2, -0.15) is 5.10 Å². The average molecular weight is 504 g/mol. The van der Waals surface area contributed by atoms with E-state index in [2.05, 4.69) is 42.3 Å². The van der Waals surface area contributed by atoms with Crippen molar-refractivity contribution in [3.8, 4) is 0 Å². The number of hydrogen-bond acceptors (Lipinski definition) is 3. The molecule has 0 fully saturated rings. The zero-order valence-corrected chi connectivity index (χ0v) is 18.2. The number of nitrogens with one attached hydrogen (secondary N) is 1. The lowest BCUT2D eigenvalue weighted by Crippen LogP contribution is -2.12. The molecule has 0 aliphatic rings. The number of aromatic nitrogens is 2. The maximum atomic E-state index is 12.5. The summed E-state index contributed by atoms with van der Waals surface area (Å²) in [6, 6.07) is 9.47. The number of amides is 1. The summed E-state index contributed by atoms with van der Waals surface area (Å²) in [5.41, 5.74) is 3.48. The molecule has 1 amide bonds. The van der Waals surface area contributed by atoms with Gasteiger partial charge in [0.1, 0.15) is 0 Å². The summed E-state index contributed by atoms with van der Waals surface area (Å²) < 4.78 is 3.63. The number of benzene rings is 1. The standard InChI is InChI=1S/C17H14Br2ClN3OS/c1-9-15(21-17(24)14-7-13(18)16(19)25-14)10(2)23(22-9)8-11-4-3-5-12(20)6-11/h3-7H,8H2,1-2H3,(H,21,24). The highest BCUT2D eigenvalue weighted by Crippen LogP contribution is 2.33. The maximum Gasteiger partial charge on any atom is 0.265 e. The van der Waals surface area contributed by atoms with Crippen LogP contribution in [0.2, 0.25) is 5.02 Å². The van der Waals surface area contributed by atoms with E-state index in [9.17, 15) is 4.79 Å². The highest BCUT2D eigenvalue weighted by Gasteiger charge is 2.17. The molecule has 8 heteroatoms. The van der Waals surface area contributed by atoms with Crippen LogP contribution in [-0.2, 0) is 6.54 Å². The minimum Gasteiger partial charge on any atom is -0.318 e. The first kappa shape index (κ1) is 18.6.